The molecule has 7 nitrogen and oxygen atoms in total. The van der Waals surface area contributed by atoms with Crippen LogP contribution in [0.4, 0.5) is 21.9 Å². The lowest BCUT2D eigenvalue weighted by molar-refractivity contribution is -0.143. The molecule has 1 spiro atoms. The summed E-state index contributed by atoms with van der Waals surface area (Å²) >= 11 is 6.74. The van der Waals surface area contributed by atoms with Crippen LogP contribution in [-0.2, 0) is 16.0 Å². The number of amides is 4. The molecular weight excluding hydrogens is 512 g/mol. The van der Waals surface area contributed by atoms with Crippen molar-refractivity contribution >= 4 is 46.5 Å². The Morgan fingerprint density at radius 1 is 0.821 bits per heavy atom. The first-order valence-electron chi connectivity index (χ1n) is 13.4. The SMILES string of the molecule is CCN1CCN2c3cccc(Cl)c3CC3(C(=O)N(c4ccc(C)cc4)C(=O)N(c4ccc(C)cc4)C3=O)[C@@H]2C1. The van der Waals surface area contributed by atoms with E-state index < -0.39 is 29.3 Å². The molecule has 0 unspecified atom stereocenters. The van der Waals surface area contributed by atoms with Gasteiger partial charge in [0.15, 0.2) is 5.41 Å². The van der Waals surface area contributed by atoms with Crippen molar-refractivity contribution in [3.63, 3.8) is 0 Å². The molecule has 8 heteroatoms. The largest absolute Gasteiger partial charge is 0.364 e. The highest BCUT2D eigenvalue weighted by Crippen LogP contribution is 2.50. The van der Waals surface area contributed by atoms with E-state index in [4.69, 9.17) is 11.6 Å². The molecule has 3 aromatic rings. The number of hydrogen-bond acceptors (Lipinski definition) is 5. The molecule has 0 saturated carbocycles. The van der Waals surface area contributed by atoms with Crippen LogP contribution in [0.2, 0.25) is 5.02 Å². The Bertz CT molecular complexity index is 1400. The zero-order valence-electron chi connectivity index (χ0n) is 22.4. The Morgan fingerprint density at radius 3 is 1.92 bits per heavy atom. The second kappa shape index (κ2) is 9.50. The van der Waals surface area contributed by atoms with E-state index in [-0.39, 0.29) is 6.42 Å². The number of fused-ring (bicyclic) bond motifs is 4. The topological polar surface area (TPSA) is 64.2 Å². The summed E-state index contributed by atoms with van der Waals surface area (Å²) in [6.45, 7) is 8.77. The van der Waals surface area contributed by atoms with Gasteiger partial charge >= 0.3 is 6.03 Å². The van der Waals surface area contributed by atoms with Crippen LogP contribution in [0.25, 0.3) is 0 Å². The molecule has 6 rings (SSSR count). The van der Waals surface area contributed by atoms with E-state index in [1.807, 2.05) is 50.2 Å². The number of nitrogens with zero attached hydrogens (tertiary/aromatic N) is 4. The van der Waals surface area contributed by atoms with Crippen molar-refractivity contribution in [3.05, 3.63) is 88.4 Å². The first-order chi connectivity index (χ1) is 18.8. The third kappa shape index (κ3) is 3.86. The molecule has 0 N–H and O–H groups in total. The molecule has 3 heterocycles. The van der Waals surface area contributed by atoms with E-state index in [9.17, 15) is 14.4 Å². The molecule has 0 bridgehead atoms. The molecule has 39 heavy (non-hydrogen) atoms. The molecule has 0 aliphatic carbocycles. The minimum absolute atomic E-state index is 0.121. The van der Waals surface area contributed by atoms with Crippen molar-refractivity contribution in [1.82, 2.24) is 4.90 Å². The number of hydrogen-bond donors (Lipinski definition) is 0. The minimum atomic E-state index is -1.55. The summed E-state index contributed by atoms with van der Waals surface area (Å²) in [7, 11) is 0. The lowest BCUT2D eigenvalue weighted by Crippen LogP contribution is -2.76. The lowest BCUT2D eigenvalue weighted by atomic mass is 9.67. The molecule has 3 aromatic carbocycles. The molecule has 3 aliphatic rings. The lowest BCUT2D eigenvalue weighted by Gasteiger charge is -2.56. The van der Waals surface area contributed by atoms with Gasteiger partial charge in [-0.25, -0.2) is 14.6 Å². The molecule has 1 atom stereocenters. The number of piperazine rings is 1. The smallest absolute Gasteiger partial charge is 0.342 e. The van der Waals surface area contributed by atoms with Crippen LogP contribution < -0.4 is 14.7 Å². The zero-order chi connectivity index (χ0) is 27.5. The Balaban J connectivity index is 1.60. The summed E-state index contributed by atoms with van der Waals surface area (Å²) in [5.74, 6) is -0.994. The summed E-state index contributed by atoms with van der Waals surface area (Å²) in [5.41, 5.74) is 3.08. The van der Waals surface area contributed by atoms with Gasteiger partial charge in [0.2, 0.25) is 0 Å². The van der Waals surface area contributed by atoms with E-state index in [1.54, 1.807) is 30.3 Å². The third-order valence-electron chi connectivity index (χ3n) is 8.48. The number of urea groups is 1. The van der Waals surface area contributed by atoms with Crippen molar-refractivity contribution in [2.45, 2.75) is 33.2 Å². The van der Waals surface area contributed by atoms with Gasteiger partial charge in [-0.2, -0.15) is 0 Å². The van der Waals surface area contributed by atoms with Gasteiger partial charge < -0.3 is 4.90 Å². The van der Waals surface area contributed by atoms with Gasteiger partial charge in [-0.3, -0.25) is 14.5 Å². The zero-order valence-corrected chi connectivity index (χ0v) is 23.1. The number of aryl methyl sites for hydroxylation is 2. The molecule has 4 amide bonds. The van der Waals surface area contributed by atoms with Crippen LogP contribution in [-0.4, -0.2) is 55.0 Å². The fourth-order valence-electron chi connectivity index (χ4n) is 6.27. The maximum Gasteiger partial charge on any atom is 0.342 e. The molecule has 200 valence electrons. The highest BCUT2D eigenvalue weighted by molar-refractivity contribution is 6.39. The minimum Gasteiger partial charge on any atom is -0.364 e. The Morgan fingerprint density at radius 2 is 1.38 bits per heavy atom. The van der Waals surface area contributed by atoms with E-state index >= 15 is 0 Å². The van der Waals surface area contributed by atoms with E-state index in [0.29, 0.717) is 29.5 Å². The van der Waals surface area contributed by atoms with E-state index in [1.165, 1.54) is 9.80 Å². The van der Waals surface area contributed by atoms with Crippen molar-refractivity contribution in [2.24, 2.45) is 5.41 Å². The van der Waals surface area contributed by atoms with Crippen LogP contribution >= 0.6 is 11.6 Å². The predicted octanol–water partition coefficient (Wildman–Crippen LogP) is 5.21. The van der Waals surface area contributed by atoms with E-state index in [2.05, 4.69) is 16.7 Å². The van der Waals surface area contributed by atoms with Gasteiger partial charge in [0, 0.05) is 36.8 Å². The highest BCUT2D eigenvalue weighted by Gasteiger charge is 2.65. The second-order valence-corrected chi connectivity index (χ2v) is 11.1. The number of carbonyl (C=O) groups is 3. The van der Waals surface area contributed by atoms with Gasteiger partial charge in [-0.1, -0.05) is 60.0 Å². The predicted molar refractivity (Wildman–Crippen MR) is 154 cm³/mol. The van der Waals surface area contributed by atoms with Gasteiger partial charge in [-0.15, -0.1) is 0 Å². The van der Waals surface area contributed by atoms with E-state index in [0.717, 1.165) is 35.5 Å². The Kier molecular flexibility index (Phi) is 6.24. The molecule has 0 aromatic heterocycles. The average molecular weight is 543 g/mol. The second-order valence-electron chi connectivity index (χ2n) is 10.7. The third-order valence-corrected chi connectivity index (χ3v) is 8.83. The summed E-state index contributed by atoms with van der Waals surface area (Å²) < 4.78 is 0. The average Bonchev–Trinajstić information content (AvgIpc) is 2.94. The molecular formula is C31H31ClN4O3. The van der Waals surface area contributed by atoms with Crippen molar-refractivity contribution < 1.29 is 14.4 Å². The number of benzene rings is 3. The quantitative estimate of drug-likeness (QED) is 0.425. The summed E-state index contributed by atoms with van der Waals surface area (Å²) in [6.07, 6.45) is 0.121. The maximum atomic E-state index is 14.8. The Labute approximate surface area is 233 Å². The molecule has 0 radical (unpaired) electrons. The standard InChI is InChI=1S/C31H31ClN4O3/c1-4-33-16-17-34-26-7-5-6-25(32)24(26)18-31(27(34)19-33)28(37)35(22-12-8-20(2)9-13-22)30(39)36(29(31)38)23-14-10-21(3)11-15-23/h5-15,27H,4,16-19H2,1-3H3/t27-/m0/s1. The van der Waals surface area contributed by atoms with Crippen LogP contribution in [0.1, 0.15) is 23.6 Å². The van der Waals surface area contributed by atoms with Crippen molar-refractivity contribution in [1.29, 1.82) is 0 Å². The first kappa shape index (κ1) is 25.6. The van der Waals surface area contributed by atoms with Gasteiger partial charge in [-0.05, 0) is 62.4 Å². The van der Waals surface area contributed by atoms with Crippen LogP contribution in [0.5, 0.6) is 0 Å². The Hall–Kier alpha value is -3.68. The van der Waals surface area contributed by atoms with Crippen LogP contribution in [0.15, 0.2) is 66.7 Å². The summed E-state index contributed by atoms with van der Waals surface area (Å²) in [5, 5.41) is 0.518. The van der Waals surface area contributed by atoms with Gasteiger partial charge in [0.25, 0.3) is 11.8 Å². The summed E-state index contributed by atoms with van der Waals surface area (Å²) in [4.78, 5) is 50.5. The number of halogens is 1. The van der Waals surface area contributed by atoms with Crippen molar-refractivity contribution in [3.8, 4) is 0 Å². The van der Waals surface area contributed by atoms with Crippen LogP contribution in [0, 0.1) is 19.3 Å². The summed E-state index contributed by atoms with van der Waals surface area (Å²) in [6, 6.07) is 19.1. The van der Waals surface area contributed by atoms with Crippen molar-refractivity contribution in [2.75, 3.05) is 40.9 Å². The number of carbonyl (C=O) groups excluding carboxylic acids is 3. The normalized spacial score (nSPS) is 20.9. The molecule has 2 fully saturated rings. The van der Waals surface area contributed by atoms with Gasteiger partial charge in [0.1, 0.15) is 0 Å². The van der Waals surface area contributed by atoms with Gasteiger partial charge in [0.05, 0.1) is 17.4 Å². The number of anilines is 3. The first-order valence-corrected chi connectivity index (χ1v) is 13.8. The number of imide groups is 2. The number of likely N-dealkylation sites (N-methyl/N-ethyl adjacent to an activating group) is 1. The number of barbiturate groups is 1. The fourth-order valence-corrected chi connectivity index (χ4v) is 6.50. The highest BCUT2D eigenvalue weighted by atomic mass is 35.5. The molecule has 2 saturated heterocycles. The maximum absolute atomic E-state index is 14.8. The monoisotopic (exact) mass is 542 g/mol. The molecule has 3 aliphatic heterocycles. The van der Waals surface area contributed by atoms with Crippen LogP contribution in [0.3, 0.4) is 0 Å². The number of rotatable bonds is 3. The fraction of sp³-hybridized carbons (Fsp3) is 0.323.